The fraction of sp³-hybridized carbons (Fsp3) is 0.304. The number of amides is 1. The maximum Gasteiger partial charge on any atom is 0.221 e. The van der Waals surface area contributed by atoms with Gasteiger partial charge in [0, 0.05) is 49.6 Å². The van der Waals surface area contributed by atoms with Crippen molar-refractivity contribution >= 4 is 46.6 Å². The molecule has 3 heterocycles. The highest BCUT2D eigenvalue weighted by molar-refractivity contribution is 7.99. The number of nitrogens with zero attached hydrogens (tertiary/aromatic N) is 4. The highest BCUT2D eigenvalue weighted by Crippen LogP contribution is 2.39. The summed E-state index contributed by atoms with van der Waals surface area (Å²) in [5.41, 5.74) is 12.9. The maximum atomic E-state index is 11.3. The van der Waals surface area contributed by atoms with E-state index in [0.717, 1.165) is 31.7 Å². The lowest BCUT2D eigenvalue weighted by Crippen LogP contribution is -2.48. The van der Waals surface area contributed by atoms with E-state index in [1.54, 1.807) is 42.7 Å². The van der Waals surface area contributed by atoms with Gasteiger partial charge in [0.15, 0.2) is 5.82 Å². The molecule has 0 aliphatic carbocycles. The molecular formula is C23H26ClN7O2S. The number of carbonyl (C=O) groups excluding carboxylic acids is 1. The van der Waals surface area contributed by atoms with Gasteiger partial charge in [-0.1, -0.05) is 17.7 Å². The van der Waals surface area contributed by atoms with Crippen molar-refractivity contribution in [3.8, 4) is 11.5 Å². The molecule has 178 valence electrons. The van der Waals surface area contributed by atoms with Crippen molar-refractivity contribution < 1.29 is 9.53 Å². The van der Waals surface area contributed by atoms with E-state index in [9.17, 15) is 4.79 Å². The fourth-order valence-electron chi connectivity index (χ4n) is 3.48. The van der Waals surface area contributed by atoms with E-state index < -0.39 is 0 Å². The van der Waals surface area contributed by atoms with E-state index in [4.69, 9.17) is 27.8 Å². The Hall–Kier alpha value is -3.08. The summed E-state index contributed by atoms with van der Waals surface area (Å²) in [5.74, 6) is 1.80. The molecule has 1 amide bonds. The molecule has 11 heteroatoms. The van der Waals surface area contributed by atoms with Crippen LogP contribution in [0, 0.1) is 0 Å². The second kappa shape index (κ2) is 10.0. The summed E-state index contributed by atoms with van der Waals surface area (Å²) in [4.78, 5) is 26.8. The molecule has 1 aliphatic heterocycles. The SMILES string of the molecule is CC(=O)Nc1cccc(Oc2ccnc(Sc3ncc(N4CCC(C)(N)CC4)nc3N)c2Cl)c1. The number of rotatable bonds is 6. The van der Waals surface area contributed by atoms with Gasteiger partial charge in [0.05, 0.1) is 6.20 Å². The third-order valence-electron chi connectivity index (χ3n) is 5.38. The molecule has 1 saturated heterocycles. The van der Waals surface area contributed by atoms with Gasteiger partial charge in [-0.05, 0) is 43.7 Å². The van der Waals surface area contributed by atoms with Crippen molar-refractivity contribution in [1.29, 1.82) is 0 Å². The normalized spacial score (nSPS) is 15.1. The lowest BCUT2D eigenvalue weighted by molar-refractivity contribution is -0.114. The van der Waals surface area contributed by atoms with Gasteiger partial charge >= 0.3 is 0 Å². The number of carbonyl (C=O) groups is 1. The number of anilines is 3. The Labute approximate surface area is 207 Å². The summed E-state index contributed by atoms with van der Waals surface area (Å²) in [6.07, 6.45) is 5.06. The van der Waals surface area contributed by atoms with Crippen LogP contribution in [0.25, 0.3) is 0 Å². The number of halogens is 1. The smallest absolute Gasteiger partial charge is 0.221 e. The van der Waals surface area contributed by atoms with Crippen LogP contribution in [-0.4, -0.2) is 39.5 Å². The molecule has 0 spiro atoms. The molecule has 0 atom stereocenters. The average molecular weight is 500 g/mol. The van der Waals surface area contributed by atoms with E-state index in [1.807, 2.05) is 0 Å². The molecule has 1 aromatic carbocycles. The van der Waals surface area contributed by atoms with Gasteiger partial charge in [-0.2, -0.15) is 0 Å². The van der Waals surface area contributed by atoms with Crippen molar-refractivity contribution in [2.45, 2.75) is 42.3 Å². The van der Waals surface area contributed by atoms with Crippen LogP contribution in [0.15, 0.2) is 52.8 Å². The molecule has 0 saturated carbocycles. The predicted molar refractivity (Wildman–Crippen MR) is 135 cm³/mol. The first-order valence-electron chi connectivity index (χ1n) is 10.7. The van der Waals surface area contributed by atoms with Gasteiger partial charge in [0.2, 0.25) is 5.91 Å². The fourth-order valence-corrected chi connectivity index (χ4v) is 4.49. The highest BCUT2D eigenvalue weighted by Gasteiger charge is 2.27. The topological polar surface area (TPSA) is 132 Å². The molecule has 1 fully saturated rings. The summed E-state index contributed by atoms with van der Waals surface area (Å²) >= 11 is 7.79. The summed E-state index contributed by atoms with van der Waals surface area (Å²) in [7, 11) is 0. The lowest BCUT2D eigenvalue weighted by atomic mass is 9.91. The van der Waals surface area contributed by atoms with Crippen LogP contribution in [-0.2, 0) is 4.79 Å². The van der Waals surface area contributed by atoms with E-state index in [2.05, 4.69) is 32.1 Å². The number of piperidine rings is 1. The summed E-state index contributed by atoms with van der Waals surface area (Å²) in [6.45, 7) is 5.13. The molecule has 0 unspecified atom stereocenters. The van der Waals surface area contributed by atoms with E-state index >= 15 is 0 Å². The van der Waals surface area contributed by atoms with Crippen molar-refractivity contribution in [2.24, 2.45) is 5.73 Å². The number of nitrogen functional groups attached to an aromatic ring is 1. The minimum absolute atomic E-state index is 0.147. The molecule has 4 rings (SSSR count). The molecule has 34 heavy (non-hydrogen) atoms. The first kappa shape index (κ1) is 24.1. The Kier molecular flexibility index (Phi) is 7.11. The second-order valence-corrected chi connectivity index (χ2v) is 9.76. The first-order chi connectivity index (χ1) is 16.2. The molecule has 2 aromatic heterocycles. The molecule has 0 radical (unpaired) electrons. The van der Waals surface area contributed by atoms with Crippen molar-refractivity contribution in [1.82, 2.24) is 15.0 Å². The van der Waals surface area contributed by atoms with Crippen molar-refractivity contribution in [2.75, 3.05) is 29.0 Å². The summed E-state index contributed by atoms with van der Waals surface area (Å²) < 4.78 is 5.93. The quantitative estimate of drug-likeness (QED) is 0.453. The highest BCUT2D eigenvalue weighted by atomic mass is 35.5. The first-order valence-corrected chi connectivity index (χ1v) is 11.9. The zero-order valence-electron chi connectivity index (χ0n) is 18.9. The average Bonchev–Trinajstić information content (AvgIpc) is 2.77. The van der Waals surface area contributed by atoms with Gasteiger partial charge in [-0.15, -0.1) is 0 Å². The number of aromatic nitrogens is 3. The van der Waals surface area contributed by atoms with E-state index in [-0.39, 0.29) is 11.4 Å². The standard InChI is InChI=1S/C23H26ClN7O2S/c1-14(32)29-15-4-3-5-16(12-15)33-17-6-9-27-21(19(17)24)34-22-20(25)30-18(13-28-22)31-10-7-23(2,26)8-11-31/h3-6,9,12-13H,7-8,10-11,26H2,1-2H3,(H2,25,30)(H,29,32). The van der Waals surface area contributed by atoms with Crippen LogP contribution >= 0.6 is 23.4 Å². The molecule has 0 bridgehead atoms. The monoisotopic (exact) mass is 499 g/mol. The van der Waals surface area contributed by atoms with Crippen LogP contribution < -0.4 is 26.4 Å². The largest absolute Gasteiger partial charge is 0.456 e. The zero-order valence-corrected chi connectivity index (χ0v) is 20.5. The van der Waals surface area contributed by atoms with Crippen LogP contribution in [0.1, 0.15) is 26.7 Å². The number of pyridine rings is 1. The van der Waals surface area contributed by atoms with Crippen LogP contribution in [0.2, 0.25) is 5.02 Å². The maximum absolute atomic E-state index is 11.3. The van der Waals surface area contributed by atoms with E-state index in [0.29, 0.717) is 38.1 Å². The molecule has 3 aromatic rings. The Morgan fingerprint density at radius 3 is 2.71 bits per heavy atom. The zero-order chi connectivity index (χ0) is 24.3. The summed E-state index contributed by atoms with van der Waals surface area (Å²) in [5, 5.41) is 4.03. The molecular weight excluding hydrogens is 474 g/mol. The van der Waals surface area contributed by atoms with Gasteiger partial charge < -0.3 is 26.4 Å². The van der Waals surface area contributed by atoms with Crippen LogP contribution in [0.5, 0.6) is 11.5 Å². The Morgan fingerprint density at radius 1 is 1.24 bits per heavy atom. The lowest BCUT2D eigenvalue weighted by Gasteiger charge is -2.37. The Balaban J connectivity index is 1.49. The Morgan fingerprint density at radius 2 is 2.00 bits per heavy atom. The molecule has 5 N–H and O–H groups in total. The van der Waals surface area contributed by atoms with Gasteiger partial charge in [-0.25, -0.2) is 15.0 Å². The summed E-state index contributed by atoms with van der Waals surface area (Å²) in [6, 6.07) is 8.69. The van der Waals surface area contributed by atoms with Gasteiger partial charge in [-0.3, -0.25) is 4.79 Å². The minimum Gasteiger partial charge on any atom is -0.456 e. The number of nitrogens with one attached hydrogen (secondary N) is 1. The van der Waals surface area contributed by atoms with Gasteiger partial charge in [0.25, 0.3) is 0 Å². The van der Waals surface area contributed by atoms with E-state index in [1.165, 1.54) is 18.7 Å². The predicted octanol–water partition coefficient (Wildman–Crippen LogP) is 4.33. The van der Waals surface area contributed by atoms with Crippen LogP contribution in [0.4, 0.5) is 17.3 Å². The van der Waals surface area contributed by atoms with Crippen molar-refractivity contribution in [3.05, 3.63) is 47.7 Å². The second-order valence-electron chi connectivity index (χ2n) is 8.40. The third-order valence-corrected chi connectivity index (χ3v) is 6.87. The number of ether oxygens (including phenoxy) is 1. The van der Waals surface area contributed by atoms with Crippen molar-refractivity contribution in [3.63, 3.8) is 0 Å². The van der Waals surface area contributed by atoms with Crippen LogP contribution in [0.3, 0.4) is 0 Å². The number of hydrogen-bond acceptors (Lipinski definition) is 9. The Bertz CT molecular complexity index is 1200. The number of nitrogens with two attached hydrogens (primary N) is 2. The molecule has 1 aliphatic rings. The van der Waals surface area contributed by atoms with Gasteiger partial charge in [0.1, 0.15) is 32.4 Å². The minimum atomic E-state index is -0.166. The number of hydrogen-bond donors (Lipinski definition) is 3. The molecule has 9 nitrogen and oxygen atoms in total. The third kappa shape index (κ3) is 5.88. The number of benzene rings is 1.